The number of amides is 1. The molecule has 15 heteroatoms. The van der Waals surface area contributed by atoms with Crippen molar-refractivity contribution in [3.8, 4) is 0 Å². The highest BCUT2D eigenvalue weighted by molar-refractivity contribution is 6.02. The number of carbonyl (C=O) groups is 2. The van der Waals surface area contributed by atoms with E-state index >= 15 is 4.39 Å². The van der Waals surface area contributed by atoms with Crippen molar-refractivity contribution in [2.24, 2.45) is 10.9 Å². The van der Waals surface area contributed by atoms with Crippen molar-refractivity contribution in [1.82, 2.24) is 9.97 Å². The quantitative estimate of drug-likeness (QED) is 0.368. The fourth-order valence-corrected chi connectivity index (χ4v) is 4.79. The van der Waals surface area contributed by atoms with Gasteiger partial charge in [-0.15, -0.1) is 0 Å². The van der Waals surface area contributed by atoms with E-state index in [4.69, 9.17) is 14.2 Å². The van der Waals surface area contributed by atoms with Gasteiger partial charge >= 0.3 is 12.1 Å². The zero-order valence-electron chi connectivity index (χ0n) is 22.3. The van der Waals surface area contributed by atoms with Gasteiger partial charge in [0, 0.05) is 11.3 Å². The van der Waals surface area contributed by atoms with Gasteiger partial charge in [-0.05, 0) is 45.9 Å². The van der Waals surface area contributed by atoms with Gasteiger partial charge in [0.2, 0.25) is 6.10 Å². The molecule has 1 N–H and O–H groups in total. The molecule has 2 aromatic rings. The van der Waals surface area contributed by atoms with Crippen LogP contribution in [0.15, 0.2) is 35.6 Å². The smallest absolute Gasteiger partial charge is 0.425 e. The second kappa shape index (κ2) is 10.9. The first-order chi connectivity index (χ1) is 19.0. The molecule has 4 rings (SSSR count). The molecular weight excluding hydrogens is 562 g/mol. The minimum atomic E-state index is -4.95. The maximum Gasteiger partial charge on any atom is 0.425 e. The molecule has 1 saturated heterocycles. The second-order valence-electron chi connectivity index (χ2n) is 10.6. The lowest BCUT2D eigenvalue weighted by molar-refractivity contribution is -0.227. The highest BCUT2D eigenvalue weighted by atomic mass is 19.4. The largest absolute Gasteiger partial charge is 0.467 e. The van der Waals surface area contributed by atoms with Crippen molar-refractivity contribution in [3.05, 3.63) is 53.4 Å². The monoisotopic (exact) mass is 588 g/mol. The summed E-state index contributed by atoms with van der Waals surface area (Å²) in [7, 11) is 0. The first-order valence-electron chi connectivity index (χ1n) is 12.4. The third kappa shape index (κ3) is 6.44. The van der Waals surface area contributed by atoms with Gasteiger partial charge in [-0.1, -0.05) is 0 Å². The number of carbonyl (C=O) groups excluding carboxylic acids is 2. The van der Waals surface area contributed by atoms with Gasteiger partial charge in [0.25, 0.3) is 12.3 Å². The summed E-state index contributed by atoms with van der Waals surface area (Å²) in [6, 6.07) is 3.16. The van der Waals surface area contributed by atoms with Crippen LogP contribution < -0.4 is 5.32 Å². The third-order valence-electron chi connectivity index (χ3n) is 6.39. The van der Waals surface area contributed by atoms with Crippen LogP contribution in [0.25, 0.3) is 0 Å². The topological polar surface area (TPSA) is 112 Å². The van der Waals surface area contributed by atoms with Crippen LogP contribution >= 0.6 is 0 Å². The minimum Gasteiger partial charge on any atom is -0.467 e. The average Bonchev–Trinajstić information content (AvgIpc) is 3.20. The Morgan fingerprint density at radius 2 is 1.88 bits per heavy atom. The Bertz CT molecular complexity index is 1350. The van der Waals surface area contributed by atoms with E-state index in [-0.39, 0.29) is 16.9 Å². The van der Waals surface area contributed by atoms with E-state index in [1.165, 1.54) is 6.92 Å². The van der Waals surface area contributed by atoms with Crippen molar-refractivity contribution in [2.75, 3.05) is 11.9 Å². The molecule has 0 bridgehead atoms. The molecule has 41 heavy (non-hydrogen) atoms. The lowest BCUT2D eigenvalue weighted by atomic mass is 9.74. The number of aliphatic imine (C=N–C) groups is 1. The van der Waals surface area contributed by atoms with Crippen LogP contribution in [0, 0.1) is 11.7 Å². The number of aromatic nitrogens is 2. The molecule has 1 fully saturated rings. The number of ether oxygens (including phenoxy) is 3. The number of halogens is 6. The Labute approximate surface area is 230 Å². The number of alkyl halides is 5. The van der Waals surface area contributed by atoms with Crippen LogP contribution in [0.1, 0.15) is 62.3 Å². The molecule has 3 heterocycles. The van der Waals surface area contributed by atoms with E-state index in [1.54, 1.807) is 20.8 Å². The predicted molar refractivity (Wildman–Crippen MR) is 131 cm³/mol. The van der Waals surface area contributed by atoms with E-state index < -0.39 is 84.2 Å². The number of hydrogen-bond acceptors (Lipinski definition) is 8. The number of esters is 1. The minimum absolute atomic E-state index is 0.0576. The van der Waals surface area contributed by atoms with E-state index in [9.17, 15) is 31.5 Å². The summed E-state index contributed by atoms with van der Waals surface area (Å²) >= 11 is 0. The number of rotatable bonds is 6. The van der Waals surface area contributed by atoms with Crippen molar-refractivity contribution in [1.29, 1.82) is 0 Å². The maximum absolute atomic E-state index is 15.4. The zero-order chi connectivity index (χ0) is 30.3. The predicted octanol–water partition coefficient (Wildman–Crippen LogP) is 5.13. The standard InChI is InChI=1S/C26H26F6N4O5/c1-12-20-21(26(30,31)32)40-18(8-19(37)41-24(2,3)4)36-25(20,11-39-12)14-7-13(5-6-15(14)27)35-23(38)17-10-33-16(9-34-17)22(28)29/h5-7,9-10,12,20-22H,8,11H2,1-4H3,(H,35,38)/t12-,20+,21+,25-/m1/s1. The van der Waals surface area contributed by atoms with Crippen LogP contribution in [0.3, 0.4) is 0 Å². The van der Waals surface area contributed by atoms with Crippen LogP contribution in [-0.2, 0) is 24.5 Å². The lowest BCUT2D eigenvalue weighted by Gasteiger charge is -2.42. The molecule has 1 aromatic heterocycles. The average molecular weight is 589 g/mol. The molecule has 0 aliphatic carbocycles. The van der Waals surface area contributed by atoms with Crippen LogP contribution in [-0.4, -0.2) is 58.3 Å². The molecule has 9 nitrogen and oxygen atoms in total. The highest BCUT2D eigenvalue weighted by Crippen LogP contribution is 2.52. The van der Waals surface area contributed by atoms with Gasteiger partial charge in [0.1, 0.15) is 34.8 Å². The van der Waals surface area contributed by atoms with E-state index in [2.05, 4.69) is 20.3 Å². The van der Waals surface area contributed by atoms with E-state index in [1.807, 2.05) is 0 Å². The first kappa shape index (κ1) is 30.2. The number of nitrogens with zero attached hydrogens (tertiary/aromatic N) is 3. The molecule has 1 amide bonds. The summed E-state index contributed by atoms with van der Waals surface area (Å²) < 4.78 is 99.6. The van der Waals surface area contributed by atoms with Gasteiger partial charge in [0.15, 0.2) is 5.90 Å². The molecule has 0 unspecified atom stereocenters. The molecule has 4 atom stereocenters. The number of anilines is 1. The molecule has 222 valence electrons. The number of nitrogens with one attached hydrogen (secondary N) is 1. The molecule has 1 aromatic carbocycles. The molecular formula is C26H26F6N4O5. The summed E-state index contributed by atoms with van der Waals surface area (Å²) in [4.78, 5) is 36.5. The molecule has 0 radical (unpaired) electrons. The third-order valence-corrected chi connectivity index (χ3v) is 6.39. The first-order valence-corrected chi connectivity index (χ1v) is 12.4. The summed E-state index contributed by atoms with van der Waals surface area (Å²) in [5.41, 5.74) is -4.32. The zero-order valence-corrected chi connectivity index (χ0v) is 22.3. The molecule has 2 aliphatic rings. The Balaban J connectivity index is 1.74. The van der Waals surface area contributed by atoms with Crippen LogP contribution in [0.5, 0.6) is 0 Å². The van der Waals surface area contributed by atoms with Gasteiger partial charge in [-0.3, -0.25) is 14.6 Å². The second-order valence-corrected chi connectivity index (χ2v) is 10.6. The Hall–Kier alpha value is -3.75. The Morgan fingerprint density at radius 1 is 1.17 bits per heavy atom. The molecule has 2 aliphatic heterocycles. The number of hydrogen-bond donors (Lipinski definition) is 1. The van der Waals surface area contributed by atoms with Gasteiger partial charge in [-0.2, -0.15) is 13.2 Å². The van der Waals surface area contributed by atoms with E-state index in [0.29, 0.717) is 0 Å². The normalized spacial score (nSPS) is 24.4. The van der Waals surface area contributed by atoms with E-state index in [0.717, 1.165) is 30.6 Å². The van der Waals surface area contributed by atoms with Crippen molar-refractivity contribution >= 4 is 23.5 Å². The Kier molecular flexibility index (Phi) is 8.04. The van der Waals surface area contributed by atoms with Gasteiger partial charge in [-0.25, -0.2) is 23.1 Å². The Morgan fingerprint density at radius 3 is 2.46 bits per heavy atom. The maximum atomic E-state index is 15.4. The number of benzene rings is 1. The van der Waals surface area contributed by atoms with Crippen LogP contribution in [0.2, 0.25) is 0 Å². The van der Waals surface area contributed by atoms with Gasteiger partial charge < -0.3 is 19.5 Å². The summed E-state index contributed by atoms with van der Waals surface area (Å²) in [6.45, 7) is 5.61. The van der Waals surface area contributed by atoms with Gasteiger partial charge in [0.05, 0.1) is 31.0 Å². The lowest BCUT2D eigenvalue weighted by Crippen LogP contribution is -2.54. The molecule has 0 saturated carbocycles. The summed E-state index contributed by atoms with van der Waals surface area (Å²) in [6.07, 6.45) is -10.6. The fourth-order valence-electron chi connectivity index (χ4n) is 4.79. The summed E-state index contributed by atoms with van der Waals surface area (Å²) in [5.74, 6) is -4.92. The summed E-state index contributed by atoms with van der Waals surface area (Å²) in [5, 5.41) is 2.40. The van der Waals surface area contributed by atoms with Crippen LogP contribution in [0.4, 0.5) is 32.0 Å². The van der Waals surface area contributed by atoms with Crippen molar-refractivity contribution < 1.29 is 50.1 Å². The van der Waals surface area contributed by atoms with Crippen molar-refractivity contribution in [2.45, 2.75) is 70.1 Å². The SMILES string of the molecule is C[C@H]1OC[C@]2(c3cc(NC(=O)c4cnc(C(F)F)cn4)ccc3F)N=C(CC(=O)OC(C)(C)C)O[C@H](C(F)(F)F)[C@H]12. The highest BCUT2D eigenvalue weighted by Gasteiger charge is 2.64. The number of fused-ring (bicyclic) bond motifs is 1. The van der Waals surface area contributed by atoms with Crippen molar-refractivity contribution in [3.63, 3.8) is 0 Å². The molecule has 0 spiro atoms. The fraction of sp³-hybridized carbons (Fsp3) is 0.500.